The van der Waals surface area contributed by atoms with Crippen molar-refractivity contribution in [2.75, 3.05) is 26.0 Å². The lowest BCUT2D eigenvalue weighted by Gasteiger charge is -2.26. The highest BCUT2D eigenvalue weighted by Gasteiger charge is 2.32. The van der Waals surface area contributed by atoms with Gasteiger partial charge in [-0.3, -0.25) is 4.79 Å². The number of nitrogens with zero attached hydrogens (tertiary/aromatic N) is 2. The first-order valence-electron chi connectivity index (χ1n) is 7.92. The highest BCUT2D eigenvalue weighted by atomic mass is 19.1. The molecule has 2 aromatic rings. The Kier molecular flexibility index (Phi) is 4.64. The lowest BCUT2D eigenvalue weighted by Crippen LogP contribution is -2.31. The zero-order chi connectivity index (χ0) is 17.1. The molecule has 126 valence electrons. The predicted octanol–water partition coefficient (Wildman–Crippen LogP) is 3.25. The molecule has 6 heteroatoms. The van der Waals surface area contributed by atoms with Crippen LogP contribution < -0.4 is 10.1 Å². The number of rotatable bonds is 4. The number of aromatic nitrogens is 1. The van der Waals surface area contributed by atoms with E-state index in [1.165, 1.54) is 25.3 Å². The van der Waals surface area contributed by atoms with E-state index in [1.54, 1.807) is 18.1 Å². The fourth-order valence-corrected chi connectivity index (χ4v) is 3.15. The number of ether oxygens (including phenoxy) is 1. The first kappa shape index (κ1) is 16.2. The number of carbonyl (C=O) groups is 1. The highest BCUT2D eigenvalue weighted by molar-refractivity contribution is 5.97. The molecule has 1 atom stereocenters. The van der Waals surface area contributed by atoms with E-state index in [0.29, 0.717) is 12.3 Å². The van der Waals surface area contributed by atoms with E-state index in [4.69, 9.17) is 4.74 Å². The van der Waals surface area contributed by atoms with Gasteiger partial charge in [-0.15, -0.1) is 0 Å². The van der Waals surface area contributed by atoms with Gasteiger partial charge in [0.2, 0.25) is 0 Å². The van der Waals surface area contributed by atoms with Gasteiger partial charge in [-0.2, -0.15) is 0 Å². The Morgan fingerprint density at radius 2 is 2.21 bits per heavy atom. The maximum atomic E-state index is 13.6. The van der Waals surface area contributed by atoms with E-state index in [0.717, 1.165) is 24.2 Å². The van der Waals surface area contributed by atoms with Crippen LogP contribution in [0.5, 0.6) is 5.75 Å². The first-order valence-corrected chi connectivity index (χ1v) is 7.92. The summed E-state index contributed by atoms with van der Waals surface area (Å²) in [5.41, 5.74) is 1.28. The summed E-state index contributed by atoms with van der Waals surface area (Å²) in [5.74, 6) is 0.487. The van der Waals surface area contributed by atoms with Gasteiger partial charge in [-0.25, -0.2) is 9.37 Å². The van der Waals surface area contributed by atoms with Gasteiger partial charge in [-0.05, 0) is 48.7 Å². The molecule has 0 unspecified atom stereocenters. The molecule has 1 aliphatic heterocycles. The summed E-state index contributed by atoms with van der Waals surface area (Å²) < 4.78 is 18.8. The van der Waals surface area contributed by atoms with Crippen molar-refractivity contribution in [2.45, 2.75) is 18.9 Å². The Balaban J connectivity index is 1.93. The molecular weight excluding hydrogens is 309 g/mol. The number of benzene rings is 1. The van der Waals surface area contributed by atoms with Crippen molar-refractivity contribution in [3.63, 3.8) is 0 Å². The number of halogens is 1. The fourth-order valence-electron chi connectivity index (χ4n) is 3.15. The predicted molar refractivity (Wildman–Crippen MR) is 89.7 cm³/mol. The summed E-state index contributed by atoms with van der Waals surface area (Å²) in [6.07, 6.45) is 3.51. The van der Waals surface area contributed by atoms with E-state index in [9.17, 15) is 9.18 Å². The molecule has 0 bridgehead atoms. The third-order valence-corrected chi connectivity index (χ3v) is 4.33. The number of anilines is 1. The molecule has 0 spiro atoms. The molecule has 1 fully saturated rings. The van der Waals surface area contributed by atoms with E-state index >= 15 is 0 Å². The summed E-state index contributed by atoms with van der Waals surface area (Å²) in [7, 11) is 3.29. The van der Waals surface area contributed by atoms with Gasteiger partial charge in [0, 0.05) is 19.8 Å². The smallest absolute Gasteiger partial charge is 0.258 e. The monoisotopic (exact) mass is 329 g/mol. The second kappa shape index (κ2) is 6.86. The van der Waals surface area contributed by atoms with E-state index < -0.39 is 5.82 Å². The van der Waals surface area contributed by atoms with Gasteiger partial charge in [0.1, 0.15) is 17.4 Å². The summed E-state index contributed by atoms with van der Waals surface area (Å²) in [6, 6.07) is 7.83. The Labute approximate surface area is 140 Å². The van der Waals surface area contributed by atoms with Crippen LogP contribution in [0.1, 0.15) is 34.8 Å². The van der Waals surface area contributed by atoms with Crippen molar-refractivity contribution in [1.29, 1.82) is 0 Å². The van der Waals surface area contributed by atoms with Crippen molar-refractivity contribution in [3.05, 3.63) is 53.5 Å². The van der Waals surface area contributed by atoms with Gasteiger partial charge in [-0.1, -0.05) is 0 Å². The number of hydrogen-bond donors (Lipinski definition) is 1. The number of hydrogen-bond acceptors (Lipinski definition) is 4. The molecule has 2 heterocycles. The number of methoxy groups -OCH3 is 1. The van der Waals surface area contributed by atoms with Crippen LogP contribution in [-0.2, 0) is 0 Å². The van der Waals surface area contributed by atoms with Crippen molar-refractivity contribution in [1.82, 2.24) is 9.88 Å². The van der Waals surface area contributed by atoms with Crippen molar-refractivity contribution in [3.8, 4) is 5.75 Å². The lowest BCUT2D eigenvalue weighted by atomic mass is 10.0. The van der Waals surface area contributed by atoms with Gasteiger partial charge in [0.05, 0.1) is 18.7 Å². The summed E-state index contributed by atoms with van der Waals surface area (Å²) in [5, 5.41) is 3.01. The van der Waals surface area contributed by atoms with Gasteiger partial charge in [0.15, 0.2) is 0 Å². The van der Waals surface area contributed by atoms with Gasteiger partial charge < -0.3 is 15.0 Å². The van der Waals surface area contributed by atoms with Crippen LogP contribution in [0.25, 0.3) is 0 Å². The SMILES string of the molecule is CNc1cc([C@@H]2CCCN2C(=O)c2cc(F)ccc2OC)ccn1. The molecule has 1 aliphatic rings. The zero-order valence-corrected chi connectivity index (χ0v) is 13.8. The Morgan fingerprint density at radius 3 is 2.96 bits per heavy atom. The minimum absolute atomic E-state index is 0.0411. The molecule has 24 heavy (non-hydrogen) atoms. The molecule has 3 rings (SSSR count). The molecule has 1 saturated heterocycles. The second-order valence-electron chi connectivity index (χ2n) is 5.73. The number of amides is 1. The van der Waals surface area contributed by atoms with E-state index in [-0.39, 0.29) is 17.5 Å². The maximum absolute atomic E-state index is 13.6. The molecular formula is C18H20FN3O2. The summed E-state index contributed by atoms with van der Waals surface area (Å²) >= 11 is 0. The Morgan fingerprint density at radius 1 is 1.38 bits per heavy atom. The molecule has 1 N–H and O–H groups in total. The molecule has 1 aromatic heterocycles. The second-order valence-corrected chi connectivity index (χ2v) is 5.73. The largest absolute Gasteiger partial charge is 0.496 e. The minimum atomic E-state index is -0.448. The molecule has 1 amide bonds. The Hall–Kier alpha value is -2.63. The molecule has 0 saturated carbocycles. The highest BCUT2D eigenvalue weighted by Crippen LogP contribution is 2.35. The van der Waals surface area contributed by atoms with Crippen molar-refractivity contribution < 1.29 is 13.9 Å². The molecule has 0 aliphatic carbocycles. The third kappa shape index (κ3) is 3.04. The third-order valence-electron chi connectivity index (χ3n) is 4.33. The molecule has 5 nitrogen and oxygen atoms in total. The normalized spacial score (nSPS) is 17.0. The standard InChI is InChI=1S/C18H20FN3O2/c1-20-17-10-12(7-8-21-17)15-4-3-9-22(15)18(23)14-11-13(19)5-6-16(14)24-2/h5-8,10-11,15H,3-4,9H2,1-2H3,(H,20,21)/t15-/m0/s1. The van der Waals surface area contributed by atoms with Gasteiger partial charge in [0.25, 0.3) is 5.91 Å². The molecule has 1 aromatic carbocycles. The van der Waals surface area contributed by atoms with Crippen molar-refractivity contribution >= 4 is 11.7 Å². The quantitative estimate of drug-likeness (QED) is 0.935. The number of nitrogens with one attached hydrogen (secondary N) is 1. The van der Waals surface area contributed by atoms with Crippen LogP contribution in [0, 0.1) is 5.82 Å². The van der Waals surface area contributed by atoms with E-state index in [2.05, 4.69) is 10.3 Å². The maximum Gasteiger partial charge on any atom is 0.258 e. The number of carbonyl (C=O) groups excluding carboxylic acids is 1. The van der Waals surface area contributed by atoms with Crippen LogP contribution in [0.3, 0.4) is 0 Å². The average molecular weight is 329 g/mol. The zero-order valence-electron chi connectivity index (χ0n) is 13.8. The number of likely N-dealkylation sites (tertiary alicyclic amines) is 1. The van der Waals surface area contributed by atoms with Crippen LogP contribution in [0.2, 0.25) is 0 Å². The van der Waals surface area contributed by atoms with Crippen LogP contribution >= 0.6 is 0 Å². The summed E-state index contributed by atoms with van der Waals surface area (Å²) in [4.78, 5) is 19.0. The minimum Gasteiger partial charge on any atom is -0.496 e. The van der Waals surface area contributed by atoms with E-state index in [1.807, 2.05) is 12.1 Å². The van der Waals surface area contributed by atoms with Crippen LogP contribution in [0.15, 0.2) is 36.5 Å². The first-order chi connectivity index (χ1) is 11.6. The Bertz CT molecular complexity index is 751. The lowest BCUT2D eigenvalue weighted by molar-refractivity contribution is 0.0731. The van der Waals surface area contributed by atoms with Crippen LogP contribution in [-0.4, -0.2) is 36.5 Å². The topological polar surface area (TPSA) is 54.5 Å². The van der Waals surface area contributed by atoms with Crippen LogP contribution in [0.4, 0.5) is 10.2 Å². The molecule has 0 radical (unpaired) electrons. The number of pyridine rings is 1. The average Bonchev–Trinajstić information content (AvgIpc) is 3.10. The van der Waals surface area contributed by atoms with Crippen molar-refractivity contribution in [2.24, 2.45) is 0 Å². The summed E-state index contributed by atoms with van der Waals surface area (Å²) in [6.45, 7) is 0.639. The fraction of sp³-hybridized carbons (Fsp3) is 0.333. The van der Waals surface area contributed by atoms with Gasteiger partial charge >= 0.3 is 0 Å².